The fourth-order valence-corrected chi connectivity index (χ4v) is 3.01. The van der Waals surface area contributed by atoms with Crippen molar-refractivity contribution >= 4 is 22.6 Å². The van der Waals surface area contributed by atoms with E-state index in [1.807, 2.05) is 0 Å². The van der Waals surface area contributed by atoms with Crippen LogP contribution in [0, 0.1) is 17.5 Å². The third-order valence-electron chi connectivity index (χ3n) is 4.34. The van der Waals surface area contributed by atoms with E-state index < -0.39 is 46.5 Å². The standard InChI is InChI=1S/C20H10F6N4O/c21-10-5-6-16-13(7-10)17(29-30(16)18-15(23)8-11(22)9-27-18)28-19(31)12-3-1-2-4-14(12)20(24,25)26/h1-9H,(H,28,29,31). The van der Waals surface area contributed by atoms with Crippen molar-refractivity contribution in [2.24, 2.45) is 0 Å². The second kappa shape index (κ2) is 7.42. The molecule has 4 rings (SSSR count). The van der Waals surface area contributed by atoms with Gasteiger partial charge >= 0.3 is 6.18 Å². The Morgan fingerprint density at radius 1 is 0.968 bits per heavy atom. The van der Waals surface area contributed by atoms with E-state index in [1.165, 1.54) is 12.1 Å². The molecule has 0 bridgehead atoms. The minimum atomic E-state index is -4.79. The number of rotatable bonds is 3. The number of fused-ring (bicyclic) bond motifs is 1. The number of nitrogens with zero attached hydrogens (tertiary/aromatic N) is 3. The van der Waals surface area contributed by atoms with Crippen LogP contribution in [0.25, 0.3) is 16.7 Å². The molecule has 158 valence electrons. The number of alkyl halides is 3. The van der Waals surface area contributed by atoms with Crippen molar-refractivity contribution < 1.29 is 31.1 Å². The van der Waals surface area contributed by atoms with Crippen molar-refractivity contribution in [1.82, 2.24) is 14.8 Å². The molecule has 0 radical (unpaired) electrons. The Balaban J connectivity index is 1.82. The molecule has 0 unspecified atom stereocenters. The molecule has 0 spiro atoms. The smallest absolute Gasteiger partial charge is 0.305 e. The minimum absolute atomic E-state index is 0.0247. The van der Waals surface area contributed by atoms with Crippen LogP contribution in [-0.4, -0.2) is 20.7 Å². The normalized spacial score (nSPS) is 11.7. The molecule has 1 N–H and O–H groups in total. The summed E-state index contributed by atoms with van der Waals surface area (Å²) in [6, 6.07) is 7.85. The molecule has 2 aromatic heterocycles. The molecule has 4 aromatic rings. The van der Waals surface area contributed by atoms with E-state index in [9.17, 15) is 31.1 Å². The van der Waals surface area contributed by atoms with Gasteiger partial charge in [0.1, 0.15) is 11.6 Å². The van der Waals surface area contributed by atoms with Crippen molar-refractivity contribution in [2.45, 2.75) is 6.18 Å². The van der Waals surface area contributed by atoms with E-state index in [0.717, 1.165) is 41.2 Å². The number of anilines is 1. The number of carbonyl (C=O) groups excluding carboxylic acids is 1. The lowest BCUT2D eigenvalue weighted by Crippen LogP contribution is -2.19. The first-order valence-corrected chi connectivity index (χ1v) is 8.62. The Bertz CT molecular complexity index is 1320. The third kappa shape index (κ3) is 3.81. The molecule has 0 aliphatic rings. The summed E-state index contributed by atoms with van der Waals surface area (Å²) in [7, 11) is 0. The van der Waals surface area contributed by atoms with E-state index in [2.05, 4.69) is 15.4 Å². The van der Waals surface area contributed by atoms with Gasteiger partial charge in [-0.25, -0.2) is 22.8 Å². The number of hydrogen-bond acceptors (Lipinski definition) is 3. The molecule has 2 aromatic carbocycles. The van der Waals surface area contributed by atoms with Crippen LogP contribution in [0.5, 0.6) is 0 Å². The highest BCUT2D eigenvalue weighted by Crippen LogP contribution is 2.33. The average Bonchev–Trinajstić information content (AvgIpc) is 3.04. The van der Waals surface area contributed by atoms with Gasteiger partial charge in [-0.1, -0.05) is 12.1 Å². The molecule has 0 aliphatic heterocycles. The zero-order chi connectivity index (χ0) is 22.3. The number of nitrogens with one attached hydrogen (secondary N) is 1. The maximum Gasteiger partial charge on any atom is 0.417 e. The second-order valence-corrected chi connectivity index (χ2v) is 6.38. The quantitative estimate of drug-likeness (QED) is 0.454. The van der Waals surface area contributed by atoms with Gasteiger partial charge in [-0.3, -0.25) is 4.79 Å². The van der Waals surface area contributed by atoms with E-state index in [1.54, 1.807) is 0 Å². The number of aromatic nitrogens is 3. The van der Waals surface area contributed by atoms with Crippen LogP contribution >= 0.6 is 0 Å². The number of halogens is 6. The molecule has 0 fully saturated rings. The Morgan fingerprint density at radius 2 is 1.71 bits per heavy atom. The summed E-state index contributed by atoms with van der Waals surface area (Å²) in [6.07, 6.45) is -4.06. The van der Waals surface area contributed by atoms with Gasteiger partial charge in [-0.05, 0) is 30.3 Å². The number of hydrogen-bond donors (Lipinski definition) is 1. The first-order chi connectivity index (χ1) is 14.6. The van der Waals surface area contributed by atoms with Crippen molar-refractivity contribution in [1.29, 1.82) is 0 Å². The number of benzene rings is 2. The Hall–Kier alpha value is -3.89. The van der Waals surface area contributed by atoms with Crippen LogP contribution < -0.4 is 5.32 Å². The Morgan fingerprint density at radius 3 is 2.42 bits per heavy atom. The molecule has 11 heteroatoms. The topological polar surface area (TPSA) is 59.8 Å². The zero-order valence-corrected chi connectivity index (χ0v) is 15.2. The molecule has 5 nitrogen and oxygen atoms in total. The average molecular weight is 436 g/mol. The molecule has 31 heavy (non-hydrogen) atoms. The molecule has 2 heterocycles. The summed E-state index contributed by atoms with van der Waals surface area (Å²) in [4.78, 5) is 16.2. The van der Waals surface area contributed by atoms with E-state index in [0.29, 0.717) is 6.07 Å². The summed E-state index contributed by atoms with van der Waals surface area (Å²) in [5, 5.41) is 6.14. The highest BCUT2D eigenvalue weighted by atomic mass is 19.4. The molecule has 0 aliphatic carbocycles. The largest absolute Gasteiger partial charge is 0.417 e. The van der Waals surface area contributed by atoms with Gasteiger partial charge in [0.05, 0.1) is 22.8 Å². The molecule has 0 saturated heterocycles. The summed E-state index contributed by atoms with van der Waals surface area (Å²) in [5.41, 5.74) is -1.77. The molecule has 0 atom stereocenters. The SMILES string of the molecule is O=C(Nc1nn(-c2ncc(F)cc2F)c2ccc(F)cc12)c1ccccc1C(F)(F)F. The van der Waals surface area contributed by atoms with Crippen LogP contribution in [0.4, 0.5) is 32.2 Å². The van der Waals surface area contributed by atoms with Crippen molar-refractivity contribution in [3.63, 3.8) is 0 Å². The predicted molar refractivity (Wildman–Crippen MR) is 98.1 cm³/mol. The summed E-state index contributed by atoms with van der Waals surface area (Å²) in [5.74, 6) is -4.70. The minimum Gasteiger partial charge on any atom is -0.305 e. The van der Waals surface area contributed by atoms with Gasteiger partial charge in [0.2, 0.25) is 0 Å². The molecule has 1 amide bonds. The van der Waals surface area contributed by atoms with E-state index in [4.69, 9.17) is 0 Å². The van der Waals surface area contributed by atoms with Crippen LogP contribution in [0.15, 0.2) is 54.7 Å². The fourth-order valence-electron chi connectivity index (χ4n) is 3.01. The molecular weight excluding hydrogens is 426 g/mol. The lowest BCUT2D eigenvalue weighted by molar-refractivity contribution is -0.137. The monoisotopic (exact) mass is 436 g/mol. The maximum absolute atomic E-state index is 14.2. The van der Waals surface area contributed by atoms with Gasteiger partial charge in [-0.2, -0.15) is 13.2 Å². The maximum atomic E-state index is 14.2. The summed E-state index contributed by atoms with van der Waals surface area (Å²) < 4.78 is 81.8. The van der Waals surface area contributed by atoms with Crippen LogP contribution in [0.2, 0.25) is 0 Å². The zero-order valence-electron chi connectivity index (χ0n) is 15.2. The third-order valence-corrected chi connectivity index (χ3v) is 4.34. The Labute approximate surface area is 169 Å². The molecule has 0 saturated carbocycles. The second-order valence-electron chi connectivity index (χ2n) is 6.38. The highest BCUT2D eigenvalue weighted by Gasteiger charge is 2.35. The number of pyridine rings is 1. The first-order valence-electron chi connectivity index (χ1n) is 8.62. The van der Waals surface area contributed by atoms with Crippen molar-refractivity contribution in [3.05, 3.63) is 83.3 Å². The van der Waals surface area contributed by atoms with Crippen LogP contribution in [0.3, 0.4) is 0 Å². The summed E-state index contributed by atoms with van der Waals surface area (Å²) >= 11 is 0. The number of amides is 1. The fraction of sp³-hybridized carbons (Fsp3) is 0.0500. The van der Waals surface area contributed by atoms with Crippen LogP contribution in [0.1, 0.15) is 15.9 Å². The Kier molecular flexibility index (Phi) is 4.88. The van der Waals surface area contributed by atoms with Crippen molar-refractivity contribution in [3.8, 4) is 5.82 Å². The van der Waals surface area contributed by atoms with Gasteiger partial charge in [0.25, 0.3) is 5.91 Å². The highest BCUT2D eigenvalue weighted by molar-refractivity contribution is 6.09. The first kappa shape index (κ1) is 20.4. The van der Waals surface area contributed by atoms with Crippen LogP contribution in [-0.2, 0) is 6.18 Å². The van der Waals surface area contributed by atoms with Gasteiger partial charge in [0.15, 0.2) is 17.5 Å². The molecular formula is C20H10F6N4O. The predicted octanol–water partition coefficient (Wildman–Crippen LogP) is 5.11. The van der Waals surface area contributed by atoms with Crippen molar-refractivity contribution in [2.75, 3.05) is 5.32 Å². The van der Waals surface area contributed by atoms with Gasteiger partial charge in [0, 0.05) is 11.5 Å². The lowest BCUT2D eigenvalue weighted by atomic mass is 10.1. The van der Waals surface area contributed by atoms with Gasteiger partial charge < -0.3 is 5.32 Å². The van der Waals surface area contributed by atoms with Gasteiger partial charge in [-0.15, -0.1) is 5.10 Å². The van der Waals surface area contributed by atoms with E-state index in [-0.39, 0.29) is 16.7 Å². The summed E-state index contributed by atoms with van der Waals surface area (Å²) in [6.45, 7) is 0. The lowest BCUT2D eigenvalue weighted by Gasteiger charge is -2.11. The number of carbonyl (C=O) groups is 1. The van der Waals surface area contributed by atoms with E-state index >= 15 is 0 Å².